The number of nitrogens with one attached hydrogen (secondary N) is 2. The van der Waals surface area contributed by atoms with Crippen molar-refractivity contribution >= 4 is 35.6 Å². The van der Waals surface area contributed by atoms with Gasteiger partial charge in [0, 0.05) is 10.7 Å². The van der Waals surface area contributed by atoms with Gasteiger partial charge in [0.15, 0.2) is 0 Å². The Morgan fingerprint density at radius 1 is 1.56 bits per heavy atom. The molecule has 1 aliphatic rings. The summed E-state index contributed by atoms with van der Waals surface area (Å²) in [7, 11) is 0. The Morgan fingerprint density at radius 2 is 2.25 bits per heavy atom. The summed E-state index contributed by atoms with van der Waals surface area (Å²) in [4.78, 5) is 11.6. The zero-order chi connectivity index (χ0) is 10.8. The lowest BCUT2D eigenvalue weighted by Gasteiger charge is -2.26. The first kappa shape index (κ1) is 13.3. The standard InChI is InChI=1S/C11H13ClN2O.ClH/c1-7-2-3-8(6-9(7)12)14-11(15)10-4-5-13-10;/h2-3,6,10,13H,4-5H2,1H3,(H,14,15);1H/t10-;/m1./s1. The second kappa shape index (κ2) is 5.53. The Bertz CT molecular complexity index is 392. The number of hydrogen-bond acceptors (Lipinski definition) is 2. The maximum absolute atomic E-state index is 11.6. The van der Waals surface area contributed by atoms with E-state index in [0.29, 0.717) is 5.02 Å². The fourth-order valence-electron chi connectivity index (χ4n) is 1.41. The quantitative estimate of drug-likeness (QED) is 0.858. The van der Waals surface area contributed by atoms with Gasteiger partial charge in [0.05, 0.1) is 6.04 Å². The normalized spacial score (nSPS) is 18.2. The molecular weight excluding hydrogens is 247 g/mol. The highest BCUT2D eigenvalue weighted by molar-refractivity contribution is 6.31. The monoisotopic (exact) mass is 260 g/mol. The minimum absolute atomic E-state index is 0. The molecule has 0 unspecified atom stereocenters. The van der Waals surface area contributed by atoms with E-state index in [-0.39, 0.29) is 24.4 Å². The number of rotatable bonds is 2. The third kappa shape index (κ3) is 2.88. The van der Waals surface area contributed by atoms with E-state index in [1.54, 1.807) is 6.07 Å². The van der Waals surface area contributed by atoms with Crippen LogP contribution in [0.15, 0.2) is 18.2 Å². The molecule has 2 N–H and O–H groups in total. The smallest absolute Gasteiger partial charge is 0.241 e. The molecule has 1 saturated heterocycles. The molecule has 1 aromatic rings. The first-order chi connectivity index (χ1) is 7.16. The highest BCUT2D eigenvalue weighted by atomic mass is 35.5. The fourth-order valence-corrected chi connectivity index (χ4v) is 1.59. The van der Waals surface area contributed by atoms with Gasteiger partial charge in [0.2, 0.25) is 5.91 Å². The summed E-state index contributed by atoms with van der Waals surface area (Å²) in [6.45, 7) is 2.86. The predicted molar refractivity (Wildman–Crippen MR) is 68.5 cm³/mol. The highest BCUT2D eigenvalue weighted by Crippen LogP contribution is 2.20. The summed E-state index contributed by atoms with van der Waals surface area (Å²) in [5.74, 6) is 0.0150. The van der Waals surface area contributed by atoms with Gasteiger partial charge in [-0.2, -0.15) is 0 Å². The minimum atomic E-state index is -0.0370. The molecule has 5 heteroatoms. The molecule has 0 aromatic heterocycles. The van der Waals surface area contributed by atoms with Gasteiger partial charge in [0.25, 0.3) is 0 Å². The van der Waals surface area contributed by atoms with Crippen molar-refractivity contribution in [1.29, 1.82) is 0 Å². The van der Waals surface area contributed by atoms with Crippen LogP contribution in [0.1, 0.15) is 12.0 Å². The van der Waals surface area contributed by atoms with Crippen LogP contribution in [-0.4, -0.2) is 18.5 Å². The van der Waals surface area contributed by atoms with Crippen LogP contribution < -0.4 is 10.6 Å². The SMILES string of the molecule is Cc1ccc(NC(=O)[C@H]2CCN2)cc1Cl.Cl. The Balaban J connectivity index is 0.00000128. The number of carbonyl (C=O) groups excluding carboxylic acids is 1. The van der Waals surface area contributed by atoms with Gasteiger partial charge in [-0.1, -0.05) is 17.7 Å². The van der Waals surface area contributed by atoms with Gasteiger partial charge in [-0.15, -0.1) is 12.4 Å². The van der Waals surface area contributed by atoms with Crippen molar-refractivity contribution in [2.45, 2.75) is 19.4 Å². The van der Waals surface area contributed by atoms with Crippen LogP contribution in [0, 0.1) is 6.92 Å². The maximum Gasteiger partial charge on any atom is 0.241 e. The summed E-state index contributed by atoms with van der Waals surface area (Å²) in [6, 6.07) is 5.49. The first-order valence-corrected chi connectivity index (χ1v) is 5.35. The van der Waals surface area contributed by atoms with E-state index in [2.05, 4.69) is 10.6 Å². The molecule has 2 rings (SSSR count). The zero-order valence-corrected chi connectivity index (χ0v) is 10.5. The lowest BCUT2D eigenvalue weighted by molar-refractivity contribution is -0.119. The molecule has 0 aliphatic carbocycles. The van der Waals surface area contributed by atoms with Crippen LogP contribution >= 0.6 is 24.0 Å². The Hall–Kier alpha value is -0.770. The van der Waals surface area contributed by atoms with Gasteiger partial charge >= 0.3 is 0 Å². The summed E-state index contributed by atoms with van der Waals surface area (Å²) >= 11 is 5.96. The van der Waals surface area contributed by atoms with Crippen molar-refractivity contribution < 1.29 is 4.79 Å². The van der Waals surface area contributed by atoms with Gasteiger partial charge < -0.3 is 10.6 Å². The summed E-state index contributed by atoms with van der Waals surface area (Å²) < 4.78 is 0. The van der Waals surface area contributed by atoms with Crippen LogP contribution in [0.3, 0.4) is 0 Å². The zero-order valence-electron chi connectivity index (χ0n) is 8.92. The third-order valence-electron chi connectivity index (χ3n) is 2.58. The van der Waals surface area contributed by atoms with Crippen molar-refractivity contribution in [1.82, 2.24) is 5.32 Å². The van der Waals surface area contributed by atoms with E-state index in [1.807, 2.05) is 19.1 Å². The van der Waals surface area contributed by atoms with Gasteiger partial charge in [-0.05, 0) is 37.6 Å². The van der Waals surface area contributed by atoms with Crippen LogP contribution in [0.5, 0.6) is 0 Å². The maximum atomic E-state index is 11.6. The topological polar surface area (TPSA) is 41.1 Å². The molecule has 16 heavy (non-hydrogen) atoms. The van der Waals surface area contributed by atoms with Crippen molar-refractivity contribution in [3.8, 4) is 0 Å². The number of benzene rings is 1. The summed E-state index contributed by atoms with van der Waals surface area (Å²) in [6.07, 6.45) is 0.908. The van der Waals surface area contributed by atoms with Gasteiger partial charge in [-0.3, -0.25) is 4.79 Å². The average molecular weight is 261 g/mol. The van der Waals surface area contributed by atoms with Crippen LogP contribution in [0.4, 0.5) is 5.69 Å². The molecular formula is C11H14Cl2N2O. The van der Waals surface area contributed by atoms with Crippen LogP contribution in [-0.2, 0) is 4.79 Å². The van der Waals surface area contributed by atoms with Crippen molar-refractivity contribution in [3.05, 3.63) is 28.8 Å². The number of hydrogen-bond donors (Lipinski definition) is 2. The van der Waals surface area contributed by atoms with Crippen molar-refractivity contribution in [2.24, 2.45) is 0 Å². The van der Waals surface area contributed by atoms with Crippen molar-refractivity contribution in [3.63, 3.8) is 0 Å². The predicted octanol–water partition coefficient (Wildman–Crippen LogP) is 2.37. The molecule has 1 amide bonds. The van der Waals surface area contributed by atoms with E-state index in [4.69, 9.17) is 11.6 Å². The number of aryl methyl sites for hydroxylation is 1. The minimum Gasteiger partial charge on any atom is -0.325 e. The van der Waals surface area contributed by atoms with Crippen molar-refractivity contribution in [2.75, 3.05) is 11.9 Å². The lowest BCUT2D eigenvalue weighted by Crippen LogP contribution is -2.50. The summed E-state index contributed by atoms with van der Waals surface area (Å²) in [5, 5.41) is 6.55. The van der Waals surface area contributed by atoms with E-state index in [1.165, 1.54) is 0 Å². The fraction of sp³-hybridized carbons (Fsp3) is 0.364. The molecule has 1 aromatic carbocycles. The molecule has 0 saturated carbocycles. The Morgan fingerprint density at radius 3 is 2.75 bits per heavy atom. The van der Waals surface area contributed by atoms with E-state index < -0.39 is 0 Å². The van der Waals surface area contributed by atoms with E-state index in [9.17, 15) is 4.79 Å². The van der Waals surface area contributed by atoms with E-state index in [0.717, 1.165) is 24.2 Å². The third-order valence-corrected chi connectivity index (χ3v) is 2.99. The first-order valence-electron chi connectivity index (χ1n) is 4.97. The molecule has 1 heterocycles. The van der Waals surface area contributed by atoms with Crippen LogP contribution in [0.2, 0.25) is 5.02 Å². The number of carbonyl (C=O) groups is 1. The molecule has 1 fully saturated rings. The molecule has 0 spiro atoms. The molecule has 3 nitrogen and oxygen atoms in total. The lowest BCUT2D eigenvalue weighted by atomic mass is 10.1. The Kier molecular flexibility index (Phi) is 4.59. The van der Waals surface area contributed by atoms with Crippen LogP contribution in [0.25, 0.3) is 0 Å². The second-order valence-corrected chi connectivity index (χ2v) is 4.16. The number of anilines is 1. The van der Waals surface area contributed by atoms with E-state index >= 15 is 0 Å². The highest BCUT2D eigenvalue weighted by Gasteiger charge is 2.24. The molecule has 0 radical (unpaired) electrons. The largest absolute Gasteiger partial charge is 0.325 e. The second-order valence-electron chi connectivity index (χ2n) is 3.75. The average Bonchev–Trinajstić information content (AvgIpc) is 2.08. The van der Waals surface area contributed by atoms with Gasteiger partial charge in [-0.25, -0.2) is 0 Å². The number of halogens is 2. The molecule has 1 atom stereocenters. The van der Waals surface area contributed by atoms with Gasteiger partial charge in [0.1, 0.15) is 0 Å². The molecule has 88 valence electrons. The summed E-state index contributed by atoms with van der Waals surface area (Å²) in [5.41, 5.74) is 1.76. The number of amides is 1. The Labute approximate surface area is 106 Å². The molecule has 0 bridgehead atoms. The molecule has 1 aliphatic heterocycles.